The van der Waals surface area contributed by atoms with Gasteiger partial charge < -0.3 is 9.64 Å². The first kappa shape index (κ1) is 27.8. The fraction of sp³-hybridized carbons (Fsp3) is 0.419. The number of nitrogens with zero attached hydrogens (tertiary/aromatic N) is 4. The van der Waals surface area contributed by atoms with Crippen molar-refractivity contribution in [3.63, 3.8) is 0 Å². The van der Waals surface area contributed by atoms with Gasteiger partial charge in [0.2, 0.25) is 5.69 Å². The first-order valence-corrected chi connectivity index (χ1v) is 13.6. The molecule has 7 nitrogen and oxygen atoms in total. The van der Waals surface area contributed by atoms with Crippen LogP contribution >= 0.6 is 0 Å². The Morgan fingerprint density at radius 1 is 1.23 bits per heavy atom. The summed E-state index contributed by atoms with van der Waals surface area (Å²) < 4.78 is 35.2. The molecule has 0 saturated carbocycles. The Hall–Kier alpha value is -3.75. The number of allylic oxidation sites excluding steroid dienone is 2. The van der Waals surface area contributed by atoms with Gasteiger partial charge in [-0.3, -0.25) is 14.6 Å². The molecule has 2 aliphatic heterocycles. The van der Waals surface area contributed by atoms with Crippen LogP contribution in [-0.4, -0.2) is 46.0 Å². The van der Waals surface area contributed by atoms with Crippen molar-refractivity contribution in [1.82, 2.24) is 9.88 Å². The van der Waals surface area contributed by atoms with E-state index < -0.39 is 17.7 Å². The summed E-state index contributed by atoms with van der Waals surface area (Å²) in [6.07, 6.45) is 4.73. The summed E-state index contributed by atoms with van der Waals surface area (Å²) in [7, 11) is 1.28. The van der Waals surface area contributed by atoms with Crippen molar-refractivity contribution in [3.05, 3.63) is 83.3 Å². The number of piperidine rings is 1. The van der Waals surface area contributed by atoms with Gasteiger partial charge in [-0.15, -0.1) is 0 Å². The SMILES string of the molecule is C=CC(=O)C1CCC2=C3[C](CCN(C(=O)c4cnc(C(C)(F)F)c(OC)c4)C3C1)[N+](c1ccc(C(C)C)cc1)=N2. The molecule has 1 fully saturated rings. The minimum absolute atomic E-state index is 0.0558. The van der Waals surface area contributed by atoms with Gasteiger partial charge in [0.15, 0.2) is 11.5 Å². The number of benzene rings is 1. The standard InChI is InChI=1S/C31H34F2N4O3/c1-6-26(38)20-9-12-23-28-24(37(35-23)22-10-7-19(8-11-22)18(2)3)13-14-36(25(28)15-20)30(39)21-16-27(40-5)29(34-17-21)31(4,32)33/h6-8,10-11,16-18,20,25H,1,9,12-15H2,2-5H3/q+1. The highest BCUT2D eigenvalue weighted by Crippen LogP contribution is 2.48. The number of pyridine rings is 1. The molecule has 1 amide bonds. The molecule has 1 radical (unpaired) electrons. The van der Waals surface area contributed by atoms with E-state index in [1.807, 2.05) is 4.70 Å². The third kappa shape index (κ3) is 4.97. The van der Waals surface area contributed by atoms with Gasteiger partial charge in [-0.05, 0) is 48.0 Å². The Kier molecular flexibility index (Phi) is 7.42. The van der Waals surface area contributed by atoms with E-state index in [2.05, 4.69) is 49.7 Å². The lowest BCUT2D eigenvalue weighted by Crippen LogP contribution is -2.49. The number of hydrogen-bond donors (Lipinski definition) is 0. The minimum atomic E-state index is -3.22. The molecule has 3 aliphatic rings. The number of alkyl halides is 2. The average Bonchev–Trinajstić information content (AvgIpc) is 3.21. The lowest BCUT2D eigenvalue weighted by molar-refractivity contribution is -0.487. The Morgan fingerprint density at radius 2 is 1.95 bits per heavy atom. The van der Waals surface area contributed by atoms with Crippen molar-refractivity contribution in [2.24, 2.45) is 11.0 Å². The summed E-state index contributed by atoms with van der Waals surface area (Å²) in [5, 5.41) is 4.99. The predicted octanol–water partition coefficient (Wildman–Crippen LogP) is 6.69. The maximum atomic E-state index is 14.0. The molecule has 2 unspecified atom stereocenters. The van der Waals surface area contributed by atoms with E-state index >= 15 is 0 Å². The van der Waals surface area contributed by atoms with E-state index in [-0.39, 0.29) is 28.9 Å². The van der Waals surface area contributed by atoms with Gasteiger partial charge in [-0.1, -0.05) is 37.3 Å². The molecule has 2 aromatic rings. The zero-order chi connectivity index (χ0) is 28.8. The fourth-order valence-electron chi connectivity index (χ4n) is 5.90. The molecule has 1 aromatic heterocycles. The average molecular weight is 549 g/mol. The maximum Gasteiger partial charge on any atom is 0.291 e. The number of ether oxygens (including phenoxy) is 1. The van der Waals surface area contributed by atoms with Crippen molar-refractivity contribution >= 4 is 17.4 Å². The van der Waals surface area contributed by atoms with Crippen molar-refractivity contribution < 1.29 is 27.8 Å². The highest BCUT2D eigenvalue weighted by molar-refractivity contribution is 5.95. The molecule has 3 heterocycles. The highest BCUT2D eigenvalue weighted by atomic mass is 19.3. The number of ketones is 1. The second kappa shape index (κ2) is 10.7. The Bertz CT molecular complexity index is 1410. The summed E-state index contributed by atoms with van der Waals surface area (Å²) >= 11 is 0. The number of likely N-dealkylation sites (tertiary alicyclic amines) is 1. The number of azo groups is 2. The molecule has 0 bridgehead atoms. The summed E-state index contributed by atoms with van der Waals surface area (Å²) in [5.74, 6) is -3.65. The lowest BCUT2D eigenvalue weighted by Gasteiger charge is -2.38. The van der Waals surface area contributed by atoms with Gasteiger partial charge in [0.25, 0.3) is 17.9 Å². The zero-order valence-electron chi connectivity index (χ0n) is 23.3. The summed E-state index contributed by atoms with van der Waals surface area (Å²) in [6.45, 7) is 9.10. The molecule has 9 heteroatoms. The van der Waals surface area contributed by atoms with E-state index in [9.17, 15) is 18.4 Å². The van der Waals surface area contributed by atoms with Crippen LogP contribution in [0.1, 0.15) is 74.0 Å². The van der Waals surface area contributed by atoms with Crippen molar-refractivity contribution in [2.75, 3.05) is 13.7 Å². The summed E-state index contributed by atoms with van der Waals surface area (Å²) in [4.78, 5) is 32.3. The maximum absolute atomic E-state index is 14.0. The topological polar surface area (TPSA) is 74.9 Å². The molecule has 209 valence electrons. The number of hydrogen-bond acceptors (Lipinski definition) is 5. The third-order valence-corrected chi connectivity index (χ3v) is 8.04. The second-order valence-corrected chi connectivity index (χ2v) is 11.0. The van der Waals surface area contributed by atoms with Crippen molar-refractivity contribution in [2.45, 2.75) is 64.3 Å². The van der Waals surface area contributed by atoms with Gasteiger partial charge in [0.05, 0.1) is 24.3 Å². The number of halogens is 2. The van der Waals surface area contributed by atoms with Crippen LogP contribution in [0.25, 0.3) is 0 Å². The van der Waals surface area contributed by atoms with Crippen LogP contribution in [0.2, 0.25) is 0 Å². The Morgan fingerprint density at radius 3 is 2.58 bits per heavy atom. The van der Waals surface area contributed by atoms with Crippen LogP contribution in [0.5, 0.6) is 5.75 Å². The second-order valence-electron chi connectivity index (χ2n) is 11.0. The fourth-order valence-corrected chi connectivity index (χ4v) is 5.90. The summed E-state index contributed by atoms with van der Waals surface area (Å²) in [6, 6.07) is 10.3. The van der Waals surface area contributed by atoms with Crippen LogP contribution in [0, 0.1) is 12.0 Å². The van der Waals surface area contributed by atoms with Crippen LogP contribution in [0.15, 0.2) is 65.6 Å². The lowest BCUT2D eigenvalue weighted by atomic mass is 9.84. The van der Waals surface area contributed by atoms with Crippen LogP contribution in [0.4, 0.5) is 14.5 Å². The van der Waals surface area contributed by atoms with Crippen LogP contribution in [-0.2, 0) is 10.7 Å². The Balaban J connectivity index is 1.51. The number of methoxy groups -OCH3 is 1. The molecule has 1 saturated heterocycles. The third-order valence-electron chi connectivity index (χ3n) is 8.04. The monoisotopic (exact) mass is 548 g/mol. The number of rotatable bonds is 7. The van der Waals surface area contributed by atoms with Gasteiger partial charge in [0.1, 0.15) is 11.4 Å². The number of carbonyl (C=O) groups is 2. The molecule has 40 heavy (non-hydrogen) atoms. The molecular formula is C31H34F2N4O3+. The van der Waals surface area contributed by atoms with Gasteiger partial charge in [-0.25, -0.2) is 0 Å². The zero-order valence-corrected chi connectivity index (χ0v) is 23.3. The smallest absolute Gasteiger partial charge is 0.291 e. The predicted molar refractivity (Wildman–Crippen MR) is 145 cm³/mol. The largest absolute Gasteiger partial charge is 0.495 e. The van der Waals surface area contributed by atoms with Crippen molar-refractivity contribution in [1.29, 1.82) is 0 Å². The van der Waals surface area contributed by atoms with E-state index in [1.165, 1.54) is 31.0 Å². The number of aromatic nitrogens is 1. The normalized spacial score (nSPS) is 21.2. The Labute approximate surface area is 233 Å². The molecule has 0 spiro atoms. The van der Waals surface area contributed by atoms with E-state index in [1.54, 1.807) is 4.90 Å². The number of amides is 1. The van der Waals surface area contributed by atoms with Crippen LogP contribution < -0.4 is 4.74 Å². The quantitative estimate of drug-likeness (QED) is 0.285. The summed E-state index contributed by atoms with van der Waals surface area (Å²) in [5.41, 5.74) is 3.68. The van der Waals surface area contributed by atoms with Gasteiger partial charge in [-0.2, -0.15) is 8.78 Å². The molecule has 2 atom stereocenters. The highest BCUT2D eigenvalue weighted by Gasteiger charge is 2.52. The van der Waals surface area contributed by atoms with E-state index in [0.29, 0.717) is 38.1 Å². The van der Waals surface area contributed by atoms with Crippen LogP contribution in [0.3, 0.4) is 0 Å². The van der Waals surface area contributed by atoms with E-state index in [4.69, 9.17) is 9.85 Å². The molecule has 5 rings (SSSR count). The van der Waals surface area contributed by atoms with Crippen molar-refractivity contribution in [3.8, 4) is 5.75 Å². The van der Waals surface area contributed by atoms with Gasteiger partial charge in [0, 0.05) is 44.1 Å². The van der Waals surface area contributed by atoms with E-state index in [0.717, 1.165) is 29.9 Å². The minimum Gasteiger partial charge on any atom is -0.495 e. The molecule has 1 aliphatic carbocycles. The van der Waals surface area contributed by atoms with Gasteiger partial charge >= 0.3 is 0 Å². The number of carbonyl (C=O) groups excluding carboxylic acids is 2. The first-order valence-electron chi connectivity index (χ1n) is 13.6. The molecule has 0 N–H and O–H groups in total. The molecule has 1 aromatic carbocycles. The molecular weight excluding hydrogens is 514 g/mol. The first-order chi connectivity index (χ1) is 19.0.